The van der Waals surface area contributed by atoms with Crippen molar-refractivity contribution in [3.63, 3.8) is 0 Å². The predicted molar refractivity (Wildman–Crippen MR) is 128 cm³/mol. The molecule has 1 amide bonds. The lowest BCUT2D eigenvalue weighted by Gasteiger charge is -2.24. The Kier molecular flexibility index (Phi) is 6.25. The van der Waals surface area contributed by atoms with E-state index in [-0.39, 0.29) is 23.1 Å². The Morgan fingerprint density at radius 3 is 2.40 bits per heavy atom. The Morgan fingerprint density at radius 1 is 0.971 bits per heavy atom. The minimum Gasteiger partial charge on any atom is -0.508 e. The molecule has 1 aliphatic heterocycles. The van der Waals surface area contributed by atoms with E-state index >= 15 is 0 Å². The van der Waals surface area contributed by atoms with Crippen LogP contribution in [0.15, 0.2) is 72.9 Å². The number of aromatic hydroxyl groups is 1. The van der Waals surface area contributed by atoms with Crippen LogP contribution in [0.5, 0.6) is 5.75 Å². The molecular formula is C26H20F3N3O2S. The monoisotopic (exact) mass is 495 g/mol. The second kappa shape index (κ2) is 9.50. The van der Waals surface area contributed by atoms with Gasteiger partial charge in [0.25, 0.3) is 0 Å². The van der Waals surface area contributed by atoms with Gasteiger partial charge in [-0.3, -0.25) is 4.79 Å². The molecule has 0 bridgehead atoms. The Labute approximate surface area is 203 Å². The van der Waals surface area contributed by atoms with Gasteiger partial charge < -0.3 is 10.0 Å². The quantitative estimate of drug-likeness (QED) is 0.385. The smallest absolute Gasteiger partial charge is 0.233 e. The van der Waals surface area contributed by atoms with Crippen LogP contribution in [0.4, 0.5) is 13.2 Å². The van der Waals surface area contributed by atoms with E-state index in [0.717, 1.165) is 17.7 Å². The number of carbonyl (C=O) groups is 1. The molecule has 1 fully saturated rings. The molecule has 9 heteroatoms. The molecule has 178 valence electrons. The van der Waals surface area contributed by atoms with E-state index in [2.05, 4.69) is 5.10 Å². The third-order valence-corrected chi connectivity index (χ3v) is 7.07. The summed E-state index contributed by atoms with van der Waals surface area (Å²) in [6.45, 7) is 0.431. The lowest BCUT2D eigenvalue weighted by molar-refractivity contribution is -0.128. The van der Waals surface area contributed by atoms with Crippen LogP contribution in [-0.4, -0.2) is 38.0 Å². The zero-order valence-corrected chi connectivity index (χ0v) is 19.2. The summed E-state index contributed by atoms with van der Waals surface area (Å²) in [5, 5.41) is 13.7. The molecule has 4 aromatic rings. The number of halogens is 3. The van der Waals surface area contributed by atoms with Crippen molar-refractivity contribution >= 4 is 17.7 Å². The van der Waals surface area contributed by atoms with Crippen molar-refractivity contribution in [1.82, 2.24) is 14.7 Å². The van der Waals surface area contributed by atoms with Gasteiger partial charge in [-0.15, -0.1) is 11.8 Å². The molecule has 35 heavy (non-hydrogen) atoms. The molecule has 1 atom stereocenters. The average Bonchev–Trinajstić information content (AvgIpc) is 3.43. The van der Waals surface area contributed by atoms with Crippen molar-refractivity contribution in [3.8, 4) is 22.7 Å². The molecule has 1 saturated heterocycles. The summed E-state index contributed by atoms with van der Waals surface area (Å²) in [5.74, 6) is -1.47. The number of rotatable bonds is 6. The van der Waals surface area contributed by atoms with Crippen molar-refractivity contribution < 1.29 is 23.1 Å². The van der Waals surface area contributed by atoms with E-state index in [1.54, 1.807) is 47.5 Å². The number of hydrogen-bond donors (Lipinski definition) is 1. The first kappa shape index (κ1) is 23.0. The first-order valence-electron chi connectivity index (χ1n) is 10.9. The summed E-state index contributed by atoms with van der Waals surface area (Å²) in [7, 11) is 0. The summed E-state index contributed by atoms with van der Waals surface area (Å²) < 4.78 is 42.9. The summed E-state index contributed by atoms with van der Waals surface area (Å²) in [4.78, 5) is 14.5. The van der Waals surface area contributed by atoms with Crippen molar-refractivity contribution in [3.05, 3.63) is 102 Å². The number of phenolic OH excluding ortho intramolecular Hbond substituents is 1. The molecule has 0 aliphatic carbocycles. The van der Waals surface area contributed by atoms with Crippen LogP contribution < -0.4 is 0 Å². The summed E-state index contributed by atoms with van der Waals surface area (Å²) in [5.41, 5.74) is 2.79. The van der Waals surface area contributed by atoms with Gasteiger partial charge in [0, 0.05) is 29.9 Å². The first-order chi connectivity index (χ1) is 16.9. The molecule has 1 N–H and O–H groups in total. The van der Waals surface area contributed by atoms with E-state index in [4.69, 9.17) is 0 Å². The van der Waals surface area contributed by atoms with Crippen molar-refractivity contribution in [2.75, 3.05) is 12.3 Å². The van der Waals surface area contributed by atoms with Gasteiger partial charge in [0.05, 0.1) is 11.4 Å². The normalized spacial score (nSPS) is 15.7. The van der Waals surface area contributed by atoms with Gasteiger partial charge in [0.1, 0.15) is 28.4 Å². The third kappa shape index (κ3) is 4.77. The Balaban J connectivity index is 1.53. The Hall–Kier alpha value is -3.72. The van der Waals surface area contributed by atoms with E-state index in [1.165, 1.54) is 34.6 Å². The Bertz CT molecular complexity index is 1370. The van der Waals surface area contributed by atoms with E-state index in [1.807, 2.05) is 0 Å². The van der Waals surface area contributed by atoms with Crippen LogP contribution in [0.1, 0.15) is 16.5 Å². The van der Waals surface area contributed by atoms with Crippen LogP contribution in [0.3, 0.4) is 0 Å². The molecule has 0 radical (unpaired) electrons. The van der Waals surface area contributed by atoms with Gasteiger partial charge in [0.2, 0.25) is 5.91 Å². The zero-order valence-electron chi connectivity index (χ0n) is 18.4. The fourth-order valence-electron chi connectivity index (χ4n) is 4.06. The van der Waals surface area contributed by atoms with Gasteiger partial charge >= 0.3 is 0 Å². The lowest BCUT2D eigenvalue weighted by Crippen LogP contribution is -2.30. The molecule has 5 rings (SSSR count). The topological polar surface area (TPSA) is 58.4 Å². The second-order valence-corrected chi connectivity index (χ2v) is 9.22. The van der Waals surface area contributed by atoms with Crippen LogP contribution in [0, 0.1) is 17.5 Å². The number of carbonyl (C=O) groups excluding carboxylic acids is 1. The van der Waals surface area contributed by atoms with E-state index in [0.29, 0.717) is 29.8 Å². The maximum Gasteiger partial charge on any atom is 0.233 e. The van der Waals surface area contributed by atoms with Gasteiger partial charge in [-0.25, -0.2) is 17.9 Å². The lowest BCUT2D eigenvalue weighted by atomic mass is 10.1. The molecule has 1 unspecified atom stereocenters. The number of amides is 1. The highest BCUT2D eigenvalue weighted by atomic mass is 32.2. The maximum atomic E-state index is 14.5. The number of benzene rings is 3. The summed E-state index contributed by atoms with van der Waals surface area (Å²) >= 11 is 1.43. The van der Waals surface area contributed by atoms with Gasteiger partial charge in [-0.2, -0.15) is 5.10 Å². The van der Waals surface area contributed by atoms with Crippen molar-refractivity contribution in [1.29, 1.82) is 0 Å². The predicted octanol–water partition coefficient (Wildman–Crippen LogP) is 5.48. The van der Waals surface area contributed by atoms with Crippen LogP contribution >= 0.6 is 11.8 Å². The SMILES string of the molecule is O=C1CSC(c2cn(-c3ccc(F)cc3F)nc2-c2ccc(F)cc2)N1CCc1ccc(O)cc1. The van der Waals surface area contributed by atoms with Crippen molar-refractivity contribution in [2.24, 2.45) is 0 Å². The molecule has 5 nitrogen and oxygen atoms in total. The van der Waals surface area contributed by atoms with Gasteiger partial charge in [-0.05, 0) is 60.5 Å². The fourth-order valence-corrected chi connectivity index (χ4v) is 5.28. The summed E-state index contributed by atoms with van der Waals surface area (Å²) in [6.07, 6.45) is 2.22. The molecule has 3 aromatic carbocycles. The minimum absolute atomic E-state index is 0.0375. The fraction of sp³-hybridized carbons (Fsp3) is 0.154. The van der Waals surface area contributed by atoms with E-state index in [9.17, 15) is 23.1 Å². The number of aromatic nitrogens is 2. The molecular weight excluding hydrogens is 475 g/mol. The zero-order chi connectivity index (χ0) is 24.5. The second-order valence-electron chi connectivity index (χ2n) is 8.15. The average molecular weight is 496 g/mol. The van der Waals surface area contributed by atoms with Gasteiger partial charge in [0.15, 0.2) is 5.82 Å². The van der Waals surface area contributed by atoms with Crippen LogP contribution in [0.2, 0.25) is 0 Å². The largest absolute Gasteiger partial charge is 0.508 e. The number of phenols is 1. The Morgan fingerprint density at radius 2 is 1.69 bits per heavy atom. The third-order valence-electron chi connectivity index (χ3n) is 5.83. The molecule has 2 heterocycles. The minimum atomic E-state index is -0.774. The summed E-state index contributed by atoms with van der Waals surface area (Å²) in [6, 6.07) is 15.8. The van der Waals surface area contributed by atoms with Crippen LogP contribution in [-0.2, 0) is 11.2 Å². The van der Waals surface area contributed by atoms with Crippen molar-refractivity contribution in [2.45, 2.75) is 11.8 Å². The molecule has 1 aliphatic rings. The number of hydrogen-bond acceptors (Lipinski definition) is 4. The molecule has 0 spiro atoms. The van der Waals surface area contributed by atoms with Gasteiger partial charge in [-0.1, -0.05) is 12.1 Å². The van der Waals surface area contributed by atoms with E-state index < -0.39 is 22.8 Å². The molecule has 1 aromatic heterocycles. The first-order valence-corrected chi connectivity index (χ1v) is 11.9. The number of thioether (sulfide) groups is 1. The highest BCUT2D eigenvalue weighted by Crippen LogP contribution is 2.43. The highest BCUT2D eigenvalue weighted by molar-refractivity contribution is 8.00. The maximum absolute atomic E-state index is 14.5. The standard InChI is InChI=1S/C26H20F3N3O2S/c27-18-5-3-17(4-6-18)25-21(14-32(30-25)23-10-7-19(28)13-22(23)29)26-31(24(34)15-35-26)12-11-16-1-8-20(33)9-2-16/h1-10,13-14,26,33H,11-12,15H2. The molecule has 0 saturated carbocycles. The highest BCUT2D eigenvalue weighted by Gasteiger charge is 2.35. The number of nitrogens with zero attached hydrogens (tertiary/aromatic N) is 3. The van der Waals surface area contributed by atoms with Crippen LogP contribution in [0.25, 0.3) is 16.9 Å².